The summed E-state index contributed by atoms with van der Waals surface area (Å²) in [5.41, 5.74) is -0.538. The molecule has 1 atom stereocenters. The highest BCUT2D eigenvalue weighted by molar-refractivity contribution is 6.32. The molecule has 1 rings (SSSR count). The van der Waals surface area contributed by atoms with Crippen molar-refractivity contribution in [3.63, 3.8) is 0 Å². The summed E-state index contributed by atoms with van der Waals surface area (Å²) in [7, 11) is 0. The predicted molar refractivity (Wildman–Crippen MR) is 79.7 cm³/mol. The van der Waals surface area contributed by atoms with Crippen molar-refractivity contribution in [1.29, 1.82) is 0 Å². The number of aromatic nitrogens is 1. The Morgan fingerprint density at radius 3 is 2.52 bits per heavy atom. The summed E-state index contributed by atoms with van der Waals surface area (Å²) in [4.78, 5) is 28.7. The molecule has 0 aromatic carbocycles. The third-order valence-electron chi connectivity index (χ3n) is 2.57. The first-order valence-electron chi connectivity index (χ1n) is 6.53. The number of nitrogens with zero attached hydrogens (tertiary/aromatic N) is 2. The second-order valence-electron chi connectivity index (χ2n) is 5.43. The second-order valence-corrected chi connectivity index (χ2v) is 5.78. The normalized spacial score (nSPS) is 12.6. The summed E-state index contributed by atoms with van der Waals surface area (Å²) >= 11 is 5.99. The van der Waals surface area contributed by atoms with Gasteiger partial charge in [0.25, 0.3) is 0 Å². The van der Waals surface area contributed by atoms with E-state index in [1.807, 2.05) is 0 Å². The van der Waals surface area contributed by atoms with Crippen LogP contribution in [0.25, 0.3) is 0 Å². The van der Waals surface area contributed by atoms with E-state index in [0.29, 0.717) is 0 Å². The number of hydrogen-bond donors (Lipinski definition) is 1. The van der Waals surface area contributed by atoms with Crippen LogP contribution in [0.1, 0.15) is 34.1 Å². The standard InChI is InChI=1S/C14H19ClN2O4/c1-5-9(12(18)19)17(13(20)21-14(2,3)4)10-7-6-8-16-11(10)15/h6-9H,5H2,1-4H3,(H,18,19). The number of anilines is 1. The number of carboxylic acids is 1. The van der Waals surface area contributed by atoms with Crippen molar-refractivity contribution in [1.82, 2.24) is 4.98 Å². The molecule has 21 heavy (non-hydrogen) atoms. The Labute approximate surface area is 128 Å². The van der Waals surface area contributed by atoms with Crippen LogP contribution in [0.15, 0.2) is 18.3 Å². The molecule has 0 aliphatic carbocycles. The minimum absolute atomic E-state index is 0.0445. The van der Waals surface area contributed by atoms with E-state index in [-0.39, 0.29) is 17.3 Å². The van der Waals surface area contributed by atoms with E-state index in [2.05, 4.69) is 4.98 Å². The summed E-state index contributed by atoms with van der Waals surface area (Å²) < 4.78 is 5.28. The van der Waals surface area contributed by atoms with Crippen LogP contribution >= 0.6 is 11.6 Å². The Kier molecular flexibility index (Phi) is 5.54. The lowest BCUT2D eigenvalue weighted by atomic mass is 10.1. The first-order valence-corrected chi connectivity index (χ1v) is 6.90. The molecule has 0 aliphatic heterocycles. The SMILES string of the molecule is CCC(C(=O)O)N(C(=O)OC(C)(C)C)c1cccnc1Cl. The van der Waals surface area contributed by atoms with Gasteiger partial charge in [0.05, 0.1) is 5.69 Å². The number of ether oxygens (including phenoxy) is 1. The first kappa shape index (κ1) is 17.2. The zero-order chi connectivity index (χ0) is 16.2. The van der Waals surface area contributed by atoms with Crippen LogP contribution in [0.2, 0.25) is 5.15 Å². The summed E-state index contributed by atoms with van der Waals surface area (Å²) in [5, 5.41) is 9.37. The van der Waals surface area contributed by atoms with Crippen LogP contribution in [-0.4, -0.2) is 33.8 Å². The van der Waals surface area contributed by atoms with Gasteiger partial charge in [0.1, 0.15) is 11.6 Å². The van der Waals surface area contributed by atoms with Crippen LogP contribution < -0.4 is 4.90 Å². The lowest BCUT2D eigenvalue weighted by Crippen LogP contribution is -2.47. The molecule has 0 spiro atoms. The molecule has 0 radical (unpaired) electrons. The fourth-order valence-electron chi connectivity index (χ4n) is 1.73. The maximum atomic E-state index is 12.4. The lowest BCUT2D eigenvalue weighted by Gasteiger charge is -2.31. The maximum Gasteiger partial charge on any atom is 0.415 e. The molecule has 1 amide bonds. The van der Waals surface area contributed by atoms with Gasteiger partial charge in [0.2, 0.25) is 0 Å². The Morgan fingerprint density at radius 2 is 2.10 bits per heavy atom. The average molecular weight is 315 g/mol. The fourth-order valence-corrected chi connectivity index (χ4v) is 1.94. The van der Waals surface area contributed by atoms with Crippen molar-refractivity contribution in [3.8, 4) is 0 Å². The van der Waals surface area contributed by atoms with Crippen molar-refractivity contribution in [3.05, 3.63) is 23.5 Å². The summed E-state index contributed by atoms with van der Waals surface area (Å²) in [6.45, 7) is 6.78. The highest BCUT2D eigenvalue weighted by Gasteiger charge is 2.34. The van der Waals surface area contributed by atoms with E-state index in [1.165, 1.54) is 12.3 Å². The van der Waals surface area contributed by atoms with Gasteiger partial charge in [0, 0.05) is 6.20 Å². The van der Waals surface area contributed by atoms with Crippen molar-refractivity contribution in [2.24, 2.45) is 0 Å². The van der Waals surface area contributed by atoms with Crippen molar-refractivity contribution in [2.75, 3.05) is 4.90 Å². The number of carbonyl (C=O) groups is 2. The van der Waals surface area contributed by atoms with Crippen molar-refractivity contribution < 1.29 is 19.4 Å². The van der Waals surface area contributed by atoms with Crippen molar-refractivity contribution >= 4 is 29.4 Å². The van der Waals surface area contributed by atoms with Crippen LogP contribution in [0, 0.1) is 0 Å². The number of rotatable bonds is 4. The quantitative estimate of drug-likeness (QED) is 0.862. The van der Waals surface area contributed by atoms with Crippen LogP contribution in [0.4, 0.5) is 10.5 Å². The molecule has 0 bridgehead atoms. The van der Waals surface area contributed by atoms with E-state index in [9.17, 15) is 14.7 Å². The highest BCUT2D eigenvalue weighted by Crippen LogP contribution is 2.28. The van der Waals surface area contributed by atoms with Crippen LogP contribution in [0.5, 0.6) is 0 Å². The molecule has 0 aliphatic rings. The van der Waals surface area contributed by atoms with Gasteiger partial charge in [-0.3, -0.25) is 4.90 Å². The molecule has 7 heteroatoms. The zero-order valence-corrected chi connectivity index (χ0v) is 13.2. The summed E-state index contributed by atoms with van der Waals surface area (Å²) in [6, 6.07) is 2.03. The number of carboxylic acid groups (broad SMARTS) is 1. The van der Waals surface area contributed by atoms with Gasteiger partial charge in [0.15, 0.2) is 5.15 Å². The molecule has 6 nitrogen and oxygen atoms in total. The minimum atomic E-state index is -1.14. The molecule has 1 N–H and O–H groups in total. The smallest absolute Gasteiger partial charge is 0.415 e. The number of hydrogen-bond acceptors (Lipinski definition) is 4. The summed E-state index contributed by atoms with van der Waals surface area (Å²) in [5.74, 6) is -1.14. The third kappa shape index (κ3) is 4.60. The third-order valence-corrected chi connectivity index (χ3v) is 2.86. The fraction of sp³-hybridized carbons (Fsp3) is 0.500. The first-order chi connectivity index (χ1) is 9.67. The second kappa shape index (κ2) is 6.76. The minimum Gasteiger partial charge on any atom is -0.480 e. The molecule has 1 aromatic heterocycles. The van der Waals surface area contributed by atoms with Crippen molar-refractivity contribution in [2.45, 2.75) is 45.8 Å². The Morgan fingerprint density at radius 1 is 1.48 bits per heavy atom. The number of amides is 1. The molecule has 1 heterocycles. The topological polar surface area (TPSA) is 79.7 Å². The van der Waals surface area contributed by atoms with Gasteiger partial charge < -0.3 is 9.84 Å². The molecule has 116 valence electrons. The molecular weight excluding hydrogens is 296 g/mol. The molecule has 0 saturated carbocycles. The highest BCUT2D eigenvalue weighted by atomic mass is 35.5. The van der Waals surface area contributed by atoms with Gasteiger partial charge >= 0.3 is 12.1 Å². The average Bonchev–Trinajstić information content (AvgIpc) is 2.34. The van der Waals surface area contributed by atoms with E-state index >= 15 is 0 Å². The number of aliphatic carboxylic acids is 1. The largest absolute Gasteiger partial charge is 0.480 e. The molecule has 0 fully saturated rings. The predicted octanol–water partition coefficient (Wildman–Crippen LogP) is 3.34. The van der Waals surface area contributed by atoms with Gasteiger partial charge in [-0.25, -0.2) is 14.6 Å². The number of carbonyl (C=O) groups excluding carboxylic acids is 1. The van der Waals surface area contributed by atoms with E-state index in [0.717, 1.165) is 4.90 Å². The molecular formula is C14H19ClN2O4. The molecule has 1 aromatic rings. The van der Waals surface area contributed by atoms with Gasteiger partial charge in [-0.1, -0.05) is 18.5 Å². The van der Waals surface area contributed by atoms with E-state index < -0.39 is 23.7 Å². The summed E-state index contributed by atoms with van der Waals surface area (Å²) in [6.07, 6.45) is 0.896. The Hall–Kier alpha value is -1.82. The van der Waals surface area contributed by atoms with E-state index in [1.54, 1.807) is 33.8 Å². The van der Waals surface area contributed by atoms with E-state index in [4.69, 9.17) is 16.3 Å². The number of pyridine rings is 1. The van der Waals surface area contributed by atoms with Crippen LogP contribution in [0.3, 0.4) is 0 Å². The van der Waals surface area contributed by atoms with Gasteiger partial charge in [-0.15, -0.1) is 0 Å². The Balaban J connectivity index is 3.27. The molecule has 1 unspecified atom stereocenters. The number of halogens is 1. The van der Waals surface area contributed by atoms with Gasteiger partial charge in [-0.05, 0) is 39.3 Å². The van der Waals surface area contributed by atoms with Gasteiger partial charge in [-0.2, -0.15) is 0 Å². The lowest BCUT2D eigenvalue weighted by molar-refractivity contribution is -0.138. The monoisotopic (exact) mass is 314 g/mol. The molecule has 0 saturated heterocycles. The Bertz CT molecular complexity index is 528. The van der Waals surface area contributed by atoms with Crippen LogP contribution in [-0.2, 0) is 9.53 Å². The zero-order valence-electron chi connectivity index (χ0n) is 12.5. The maximum absolute atomic E-state index is 12.4.